The molecule has 2 rings (SSSR count). The van der Waals surface area contributed by atoms with Gasteiger partial charge in [0.15, 0.2) is 6.29 Å². The first-order chi connectivity index (χ1) is 8.29. The number of carbonyl (C=O) groups excluding carboxylic acids is 1. The lowest BCUT2D eigenvalue weighted by molar-refractivity contribution is 0.112. The number of carbonyl (C=O) groups is 1. The van der Waals surface area contributed by atoms with Gasteiger partial charge in [0.25, 0.3) is 0 Å². The Morgan fingerprint density at radius 1 is 1.24 bits per heavy atom. The first-order valence-corrected chi connectivity index (χ1v) is 5.41. The molecule has 0 saturated heterocycles. The van der Waals surface area contributed by atoms with E-state index in [4.69, 9.17) is 4.74 Å². The summed E-state index contributed by atoms with van der Waals surface area (Å²) in [5.74, 6) is 0.603. The van der Waals surface area contributed by atoms with Gasteiger partial charge >= 0.3 is 0 Å². The maximum atomic E-state index is 10.6. The lowest BCUT2D eigenvalue weighted by Crippen LogP contribution is -2.03. The van der Waals surface area contributed by atoms with Gasteiger partial charge in [-0.15, -0.1) is 0 Å². The number of nitrogens with zero attached hydrogens (tertiary/aromatic N) is 1. The number of aldehydes is 1. The van der Waals surface area contributed by atoms with Crippen LogP contribution in [0.5, 0.6) is 5.75 Å². The first kappa shape index (κ1) is 11.3. The molecule has 0 amide bonds. The Labute approximate surface area is 100 Å². The summed E-state index contributed by atoms with van der Waals surface area (Å²) in [6.45, 7) is 1.96. The minimum absolute atomic E-state index is 0.0695. The van der Waals surface area contributed by atoms with E-state index < -0.39 is 0 Å². The van der Waals surface area contributed by atoms with Crippen LogP contribution in [0, 0.1) is 0 Å². The summed E-state index contributed by atoms with van der Waals surface area (Å²) < 4.78 is 5.72. The summed E-state index contributed by atoms with van der Waals surface area (Å²) >= 11 is 0. The second kappa shape index (κ2) is 5.25. The number of ether oxygens (including phenoxy) is 1. The summed E-state index contributed by atoms with van der Waals surface area (Å²) in [6, 6.07) is 11.6. The molecule has 3 heteroatoms. The van der Waals surface area contributed by atoms with Crippen molar-refractivity contribution in [1.82, 2.24) is 4.98 Å². The second-order valence-corrected chi connectivity index (χ2v) is 3.74. The Hall–Kier alpha value is -2.16. The number of benzene rings is 1. The van der Waals surface area contributed by atoms with Crippen molar-refractivity contribution in [3.05, 3.63) is 59.9 Å². The van der Waals surface area contributed by atoms with E-state index in [1.165, 1.54) is 6.20 Å². The van der Waals surface area contributed by atoms with Crippen molar-refractivity contribution < 1.29 is 9.53 Å². The summed E-state index contributed by atoms with van der Waals surface area (Å²) in [5.41, 5.74) is 1.60. The SMILES string of the molecule is CC(Oc1cncc(C=O)c1)c1ccccc1. The van der Waals surface area contributed by atoms with Crippen molar-refractivity contribution in [1.29, 1.82) is 0 Å². The van der Waals surface area contributed by atoms with Gasteiger partial charge in [0.2, 0.25) is 0 Å². The zero-order valence-corrected chi connectivity index (χ0v) is 9.54. The zero-order chi connectivity index (χ0) is 12.1. The molecule has 1 aromatic heterocycles. The molecule has 0 bridgehead atoms. The third-order valence-electron chi connectivity index (χ3n) is 2.45. The van der Waals surface area contributed by atoms with Crippen LogP contribution in [0.1, 0.15) is 28.9 Å². The minimum atomic E-state index is -0.0695. The summed E-state index contributed by atoms with van der Waals surface area (Å²) in [4.78, 5) is 14.6. The molecular formula is C14H13NO2. The standard InChI is InChI=1S/C14H13NO2/c1-11(13-5-3-2-4-6-13)17-14-7-12(10-16)8-15-9-14/h2-11H,1H3. The largest absolute Gasteiger partial charge is 0.484 e. The highest BCUT2D eigenvalue weighted by Gasteiger charge is 2.06. The number of pyridine rings is 1. The minimum Gasteiger partial charge on any atom is -0.484 e. The number of hydrogen-bond donors (Lipinski definition) is 0. The molecule has 0 radical (unpaired) electrons. The van der Waals surface area contributed by atoms with E-state index in [2.05, 4.69) is 4.98 Å². The normalized spacial score (nSPS) is 11.8. The third-order valence-corrected chi connectivity index (χ3v) is 2.45. The van der Waals surface area contributed by atoms with Crippen LogP contribution in [0.3, 0.4) is 0 Å². The molecule has 0 spiro atoms. The Balaban J connectivity index is 2.13. The smallest absolute Gasteiger partial charge is 0.151 e. The predicted octanol–water partition coefficient (Wildman–Crippen LogP) is 3.03. The Bertz CT molecular complexity index is 497. The van der Waals surface area contributed by atoms with Crippen molar-refractivity contribution in [2.45, 2.75) is 13.0 Å². The van der Waals surface area contributed by atoms with Crippen LogP contribution in [0.2, 0.25) is 0 Å². The molecular weight excluding hydrogens is 214 g/mol. The Morgan fingerprint density at radius 3 is 2.71 bits per heavy atom. The number of aromatic nitrogens is 1. The highest BCUT2D eigenvalue weighted by molar-refractivity contribution is 5.74. The highest BCUT2D eigenvalue weighted by atomic mass is 16.5. The monoisotopic (exact) mass is 227 g/mol. The molecule has 3 nitrogen and oxygen atoms in total. The topological polar surface area (TPSA) is 39.2 Å². The molecule has 1 unspecified atom stereocenters. The van der Waals surface area contributed by atoms with Crippen molar-refractivity contribution >= 4 is 6.29 Å². The van der Waals surface area contributed by atoms with Gasteiger partial charge in [-0.1, -0.05) is 30.3 Å². The van der Waals surface area contributed by atoms with Gasteiger partial charge in [0, 0.05) is 11.8 Å². The molecule has 17 heavy (non-hydrogen) atoms. The highest BCUT2D eigenvalue weighted by Crippen LogP contribution is 2.20. The Kier molecular flexibility index (Phi) is 3.50. The van der Waals surface area contributed by atoms with Crippen LogP contribution in [0.25, 0.3) is 0 Å². The molecule has 2 aromatic rings. The summed E-state index contributed by atoms with van der Waals surface area (Å²) in [5, 5.41) is 0. The average Bonchev–Trinajstić information content (AvgIpc) is 2.40. The van der Waals surface area contributed by atoms with E-state index in [-0.39, 0.29) is 6.10 Å². The predicted molar refractivity (Wildman–Crippen MR) is 65.1 cm³/mol. The fraction of sp³-hybridized carbons (Fsp3) is 0.143. The van der Waals surface area contributed by atoms with Gasteiger partial charge in [0.05, 0.1) is 6.20 Å². The average molecular weight is 227 g/mol. The van der Waals surface area contributed by atoms with Crippen LogP contribution in [0.15, 0.2) is 48.8 Å². The second-order valence-electron chi connectivity index (χ2n) is 3.74. The van der Waals surface area contributed by atoms with Gasteiger partial charge in [-0.2, -0.15) is 0 Å². The maximum absolute atomic E-state index is 10.6. The lowest BCUT2D eigenvalue weighted by Gasteiger charge is -2.14. The number of rotatable bonds is 4. The van der Waals surface area contributed by atoms with Crippen molar-refractivity contribution in [2.75, 3.05) is 0 Å². The van der Waals surface area contributed by atoms with Gasteiger partial charge in [0.1, 0.15) is 11.9 Å². The van der Waals surface area contributed by atoms with Crippen LogP contribution in [-0.2, 0) is 0 Å². The van der Waals surface area contributed by atoms with E-state index in [9.17, 15) is 4.79 Å². The molecule has 1 aromatic carbocycles. The van der Waals surface area contributed by atoms with E-state index >= 15 is 0 Å². The van der Waals surface area contributed by atoms with E-state index in [1.807, 2.05) is 37.3 Å². The van der Waals surface area contributed by atoms with Gasteiger partial charge < -0.3 is 4.74 Å². The fourth-order valence-corrected chi connectivity index (χ4v) is 1.56. The molecule has 0 saturated carbocycles. The quantitative estimate of drug-likeness (QED) is 0.753. The molecule has 1 heterocycles. The van der Waals surface area contributed by atoms with E-state index in [1.54, 1.807) is 12.3 Å². The van der Waals surface area contributed by atoms with Crippen molar-refractivity contribution in [2.24, 2.45) is 0 Å². The van der Waals surface area contributed by atoms with Crippen LogP contribution < -0.4 is 4.74 Å². The summed E-state index contributed by atoms with van der Waals surface area (Å²) in [7, 11) is 0. The molecule has 0 aliphatic carbocycles. The van der Waals surface area contributed by atoms with Crippen LogP contribution in [0.4, 0.5) is 0 Å². The summed E-state index contributed by atoms with van der Waals surface area (Å²) in [6.07, 6.45) is 3.80. The van der Waals surface area contributed by atoms with Crippen molar-refractivity contribution in [3.8, 4) is 5.75 Å². The fourth-order valence-electron chi connectivity index (χ4n) is 1.56. The molecule has 0 aliphatic heterocycles. The Morgan fingerprint density at radius 2 is 2.00 bits per heavy atom. The first-order valence-electron chi connectivity index (χ1n) is 5.41. The molecule has 1 atom stereocenters. The maximum Gasteiger partial charge on any atom is 0.151 e. The zero-order valence-electron chi connectivity index (χ0n) is 9.54. The lowest BCUT2D eigenvalue weighted by atomic mass is 10.1. The van der Waals surface area contributed by atoms with Gasteiger partial charge in [-0.05, 0) is 18.6 Å². The molecule has 86 valence electrons. The van der Waals surface area contributed by atoms with E-state index in [0.717, 1.165) is 11.8 Å². The van der Waals surface area contributed by atoms with Crippen LogP contribution >= 0.6 is 0 Å². The molecule has 0 aliphatic rings. The van der Waals surface area contributed by atoms with Crippen molar-refractivity contribution in [3.63, 3.8) is 0 Å². The van der Waals surface area contributed by atoms with Gasteiger partial charge in [-0.3, -0.25) is 9.78 Å². The van der Waals surface area contributed by atoms with Crippen LogP contribution in [-0.4, -0.2) is 11.3 Å². The van der Waals surface area contributed by atoms with Gasteiger partial charge in [-0.25, -0.2) is 0 Å². The molecule has 0 N–H and O–H groups in total. The third kappa shape index (κ3) is 2.91. The molecule has 0 fully saturated rings. The van der Waals surface area contributed by atoms with E-state index in [0.29, 0.717) is 11.3 Å². The number of hydrogen-bond acceptors (Lipinski definition) is 3.